The van der Waals surface area contributed by atoms with Crippen LogP contribution in [0.2, 0.25) is 42.8 Å². The van der Waals surface area contributed by atoms with Gasteiger partial charge in [0.15, 0.2) is 0 Å². The summed E-state index contributed by atoms with van der Waals surface area (Å²) in [6.07, 6.45) is 11.0. The van der Waals surface area contributed by atoms with Crippen LogP contribution in [-0.2, 0) is 4.43 Å². The molecule has 20 heavy (non-hydrogen) atoms. The van der Waals surface area contributed by atoms with Gasteiger partial charge in [-0.05, 0) is 24.7 Å². The maximum atomic E-state index is 6.60. The van der Waals surface area contributed by atoms with Gasteiger partial charge < -0.3 is 4.43 Å². The zero-order valence-electron chi connectivity index (χ0n) is 14.5. The molecule has 0 aliphatic heterocycles. The van der Waals surface area contributed by atoms with Crippen LogP contribution < -0.4 is 0 Å². The van der Waals surface area contributed by atoms with E-state index in [2.05, 4.69) is 84.3 Å². The first-order valence-electron chi connectivity index (χ1n) is 7.83. The Morgan fingerprint density at radius 3 is 2.00 bits per heavy atom. The molecule has 1 atom stereocenters. The fourth-order valence-corrected chi connectivity index (χ4v) is 5.45. The molecule has 0 aromatic rings. The minimum absolute atomic E-state index is 0.489. The zero-order chi connectivity index (χ0) is 15.6. The van der Waals surface area contributed by atoms with Crippen molar-refractivity contribution in [3.8, 4) is 0 Å². The molecule has 0 radical (unpaired) electrons. The van der Waals surface area contributed by atoms with Gasteiger partial charge in [-0.15, -0.1) is 0 Å². The fourth-order valence-electron chi connectivity index (χ4n) is 2.08. The van der Waals surface area contributed by atoms with E-state index < -0.39 is 16.4 Å². The Bertz CT molecular complexity index is 415. The van der Waals surface area contributed by atoms with E-state index in [1.54, 1.807) is 0 Å². The largest absolute Gasteiger partial charge is 0.547 e. The lowest BCUT2D eigenvalue weighted by Gasteiger charge is -2.39. The van der Waals surface area contributed by atoms with E-state index in [9.17, 15) is 0 Å². The highest BCUT2D eigenvalue weighted by Gasteiger charge is 2.39. The van der Waals surface area contributed by atoms with E-state index in [0.717, 1.165) is 5.54 Å². The van der Waals surface area contributed by atoms with Crippen molar-refractivity contribution in [2.24, 2.45) is 0 Å². The molecule has 0 aromatic carbocycles. The topological polar surface area (TPSA) is 9.23 Å². The fraction of sp³-hybridized carbons (Fsp3) is 0.647. The Labute approximate surface area is 128 Å². The minimum Gasteiger partial charge on any atom is -0.547 e. The molecule has 0 aromatic heterocycles. The molecule has 0 bridgehead atoms. The summed E-state index contributed by atoms with van der Waals surface area (Å²) in [5, 5.41) is 0. The van der Waals surface area contributed by atoms with Crippen LogP contribution in [0, 0.1) is 0 Å². The van der Waals surface area contributed by atoms with Gasteiger partial charge in [-0.2, -0.15) is 0 Å². The highest BCUT2D eigenvalue weighted by atomic mass is 28.4. The Morgan fingerprint density at radius 1 is 0.900 bits per heavy atom. The number of allylic oxidation sites excluding steroid dienone is 5. The lowest BCUT2D eigenvalue weighted by atomic mass is 10.3. The van der Waals surface area contributed by atoms with Crippen molar-refractivity contribution >= 4 is 16.4 Å². The Kier molecular flexibility index (Phi) is 5.67. The van der Waals surface area contributed by atoms with Crippen LogP contribution in [-0.4, -0.2) is 16.4 Å². The second-order valence-electron chi connectivity index (χ2n) is 7.65. The molecule has 0 saturated heterocycles. The molecule has 1 aliphatic rings. The van der Waals surface area contributed by atoms with E-state index in [1.165, 1.54) is 5.76 Å². The molecule has 3 heteroatoms. The summed E-state index contributed by atoms with van der Waals surface area (Å²) in [4.78, 5) is 0. The third kappa shape index (κ3) is 3.98. The molecule has 1 unspecified atom stereocenters. The van der Waals surface area contributed by atoms with Crippen molar-refractivity contribution in [3.05, 3.63) is 36.1 Å². The lowest BCUT2D eigenvalue weighted by Crippen LogP contribution is -2.40. The second kappa shape index (κ2) is 6.48. The van der Waals surface area contributed by atoms with E-state index in [0.29, 0.717) is 11.1 Å². The quantitative estimate of drug-likeness (QED) is 0.556. The van der Waals surface area contributed by atoms with E-state index in [1.807, 2.05) is 0 Å². The molecule has 0 spiro atoms. The molecule has 1 rings (SSSR count). The molecule has 0 amide bonds. The highest BCUT2D eigenvalue weighted by molar-refractivity contribution is 6.81. The molecule has 1 aliphatic carbocycles. The van der Waals surface area contributed by atoms with E-state index in [-0.39, 0.29) is 0 Å². The molecule has 0 N–H and O–H groups in total. The highest BCUT2D eigenvalue weighted by Crippen LogP contribution is 2.42. The van der Waals surface area contributed by atoms with Crippen molar-refractivity contribution in [3.63, 3.8) is 0 Å². The number of hydrogen-bond donors (Lipinski definition) is 0. The monoisotopic (exact) mass is 308 g/mol. The van der Waals surface area contributed by atoms with Crippen LogP contribution in [0.5, 0.6) is 0 Å². The van der Waals surface area contributed by atoms with Crippen molar-refractivity contribution in [1.29, 1.82) is 0 Å². The summed E-state index contributed by atoms with van der Waals surface area (Å²) >= 11 is 0. The minimum atomic E-state index is -1.66. The summed E-state index contributed by atoms with van der Waals surface area (Å²) < 4.78 is 6.60. The molecule has 1 nitrogen and oxygen atoms in total. The molecule has 0 heterocycles. The average molecular weight is 309 g/mol. The van der Waals surface area contributed by atoms with Gasteiger partial charge in [-0.25, -0.2) is 0 Å². The van der Waals surface area contributed by atoms with Gasteiger partial charge in [-0.3, -0.25) is 0 Å². The lowest BCUT2D eigenvalue weighted by molar-refractivity contribution is 0.394. The van der Waals surface area contributed by atoms with Crippen LogP contribution in [0.15, 0.2) is 36.1 Å². The molecule has 114 valence electrons. The number of hydrogen-bond acceptors (Lipinski definition) is 1. The Balaban J connectivity index is 3.10. The molecule has 0 fully saturated rings. The van der Waals surface area contributed by atoms with Crippen molar-refractivity contribution in [1.82, 2.24) is 0 Å². The first kappa shape index (κ1) is 17.5. The van der Waals surface area contributed by atoms with Gasteiger partial charge in [-0.1, -0.05) is 70.6 Å². The summed E-state index contributed by atoms with van der Waals surface area (Å²) in [5.41, 5.74) is 1.86. The summed E-state index contributed by atoms with van der Waals surface area (Å²) in [5.74, 6) is 1.21. The second-order valence-corrected chi connectivity index (χ2v) is 17.6. The predicted molar refractivity (Wildman–Crippen MR) is 96.4 cm³/mol. The van der Waals surface area contributed by atoms with Gasteiger partial charge in [0.1, 0.15) is 0 Å². The van der Waals surface area contributed by atoms with Crippen LogP contribution in [0.4, 0.5) is 0 Å². The van der Waals surface area contributed by atoms with E-state index >= 15 is 0 Å². The average Bonchev–Trinajstić information content (AvgIpc) is 2.53. The van der Waals surface area contributed by atoms with Gasteiger partial charge in [0.05, 0.1) is 13.8 Å². The summed E-state index contributed by atoms with van der Waals surface area (Å²) in [6.45, 7) is 18.9. The van der Waals surface area contributed by atoms with Crippen molar-refractivity contribution in [2.75, 3.05) is 0 Å². The zero-order valence-corrected chi connectivity index (χ0v) is 16.5. The Hall–Kier alpha value is -0.546. The van der Waals surface area contributed by atoms with Crippen LogP contribution in [0.1, 0.15) is 27.7 Å². The first-order chi connectivity index (χ1) is 9.09. The smallest absolute Gasteiger partial charge is 0.247 e. The van der Waals surface area contributed by atoms with Crippen molar-refractivity contribution in [2.45, 2.75) is 70.5 Å². The standard InChI is InChI=1S/C17H32OSi2/c1-14(2)19(5,6)17-13-11-9-10-12-16(17)18-20(7,8)15(3)4/h9-15,17H,1-8H3. The van der Waals surface area contributed by atoms with Gasteiger partial charge in [0.2, 0.25) is 8.32 Å². The Morgan fingerprint density at radius 2 is 1.50 bits per heavy atom. The maximum absolute atomic E-state index is 6.60. The van der Waals surface area contributed by atoms with Crippen LogP contribution in [0.3, 0.4) is 0 Å². The number of rotatable bonds is 5. The maximum Gasteiger partial charge on any atom is 0.247 e. The summed E-state index contributed by atoms with van der Waals surface area (Å²) in [7, 11) is -3.07. The van der Waals surface area contributed by atoms with Crippen LogP contribution in [0.25, 0.3) is 0 Å². The normalized spacial score (nSPS) is 20.3. The predicted octanol–water partition coefficient (Wildman–Crippen LogP) is 6.12. The third-order valence-corrected chi connectivity index (χ3v) is 13.8. The molecule has 0 saturated carbocycles. The van der Waals surface area contributed by atoms with E-state index in [4.69, 9.17) is 4.43 Å². The molecular weight excluding hydrogens is 276 g/mol. The van der Waals surface area contributed by atoms with Crippen LogP contribution >= 0.6 is 0 Å². The summed E-state index contributed by atoms with van der Waals surface area (Å²) in [6, 6.07) is 0. The van der Waals surface area contributed by atoms with Gasteiger partial charge in [0.25, 0.3) is 0 Å². The SMILES string of the molecule is CC(C)[Si](C)(C)OC1=CC=CC=CC1[Si](C)(C)C(C)C. The molecular formula is C17H32OSi2. The van der Waals surface area contributed by atoms with Gasteiger partial charge in [0, 0.05) is 5.54 Å². The first-order valence-corrected chi connectivity index (χ1v) is 14.0. The van der Waals surface area contributed by atoms with Gasteiger partial charge >= 0.3 is 0 Å². The third-order valence-electron chi connectivity index (χ3n) is 5.15. The van der Waals surface area contributed by atoms with Crippen molar-refractivity contribution < 1.29 is 4.43 Å².